The van der Waals surface area contributed by atoms with E-state index >= 15 is 0 Å². The summed E-state index contributed by atoms with van der Waals surface area (Å²) in [5.74, 6) is -1.48. The van der Waals surface area contributed by atoms with Gasteiger partial charge in [0.1, 0.15) is 5.75 Å². The molecule has 5 nitrogen and oxygen atoms in total. The van der Waals surface area contributed by atoms with Gasteiger partial charge in [-0.1, -0.05) is 23.7 Å². The van der Waals surface area contributed by atoms with Crippen LogP contribution in [0.1, 0.15) is 11.1 Å². The molecule has 164 valence electrons. The Hall–Kier alpha value is -2.10. The van der Waals surface area contributed by atoms with E-state index in [9.17, 15) is 26.4 Å². The molecule has 0 heterocycles. The lowest BCUT2D eigenvalue weighted by Gasteiger charge is -2.25. The van der Waals surface area contributed by atoms with Crippen LogP contribution in [0.15, 0.2) is 53.4 Å². The van der Waals surface area contributed by atoms with Crippen molar-refractivity contribution in [2.24, 2.45) is 0 Å². The molecule has 2 aromatic rings. The first kappa shape index (κ1) is 24.2. The summed E-state index contributed by atoms with van der Waals surface area (Å²) in [6.07, 6.45) is -4.51. The van der Waals surface area contributed by atoms with E-state index in [1.165, 1.54) is 41.3 Å². The van der Waals surface area contributed by atoms with Gasteiger partial charge in [0, 0.05) is 24.7 Å². The molecular formula is C20H22ClF3N2O3S. The van der Waals surface area contributed by atoms with Gasteiger partial charge >= 0.3 is 6.18 Å². The van der Waals surface area contributed by atoms with E-state index in [0.29, 0.717) is 11.6 Å². The fourth-order valence-electron chi connectivity index (χ4n) is 2.66. The van der Waals surface area contributed by atoms with E-state index in [1.807, 2.05) is 0 Å². The van der Waals surface area contributed by atoms with Gasteiger partial charge in [0.25, 0.3) is 0 Å². The summed E-state index contributed by atoms with van der Waals surface area (Å²) < 4.78 is 64.1. The second-order valence-electron chi connectivity index (χ2n) is 7.03. The Morgan fingerprint density at radius 2 is 1.67 bits per heavy atom. The third-order valence-corrected chi connectivity index (χ3v) is 6.15. The fourth-order valence-corrected chi connectivity index (χ4v) is 4.01. The molecule has 30 heavy (non-hydrogen) atoms. The van der Waals surface area contributed by atoms with Gasteiger partial charge in [-0.3, -0.25) is 4.79 Å². The molecule has 0 aliphatic carbocycles. The minimum Gasteiger partial charge on any atom is -0.336 e. The molecule has 0 radical (unpaired) electrons. The van der Waals surface area contributed by atoms with E-state index in [-0.39, 0.29) is 23.5 Å². The van der Waals surface area contributed by atoms with Gasteiger partial charge in [-0.05, 0) is 56.1 Å². The summed E-state index contributed by atoms with van der Waals surface area (Å²) in [6.45, 7) is 0.455. The van der Waals surface area contributed by atoms with Crippen molar-refractivity contribution in [1.82, 2.24) is 9.80 Å². The first-order valence-electron chi connectivity index (χ1n) is 8.95. The number of likely N-dealkylation sites (N-methyl/N-ethyl adjacent to an activating group) is 1. The Morgan fingerprint density at radius 3 is 2.23 bits per heavy atom. The zero-order chi connectivity index (χ0) is 22.5. The van der Waals surface area contributed by atoms with Gasteiger partial charge in [0.05, 0.1) is 10.5 Å². The predicted molar refractivity (Wildman–Crippen MR) is 109 cm³/mol. The third kappa shape index (κ3) is 7.00. The van der Waals surface area contributed by atoms with Crippen LogP contribution in [-0.2, 0) is 27.4 Å². The molecule has 0 fully saturated rings. The van der Waals surface area contributed by atoms with Crippen LogP contribution in [0.4, 0.5) is 13.2 Å². The highest BCUT2D eigenvalue weighted by atomic mass is 35.5. The van der Waals surface area contributed by atoms with Crippen molar-refractivity contribution < 1.29 is 26.4 Å². The SMILES string of the molecule is CN(C)CCN(Cc1cccc(C(F)(F)F)c1)C(=O)CS(=O)(=O)c1ccc(Cl)cc1. The number of carbonyl (C=O) groups is 1. The summed E-state index contributed by atoms with van der Waals surface area (Å²) in [4.78, 5) is 15.8. The van der Waals surface area contributed by atoms with Gasteiger partial charge in [-0.25, -0.2) is 8.42 Å². The maximum Gasteiger partial charge on any atom is 0.416 e. The molecule has 1 amide bonds. The van der Waals surface area contributed by atoms with Gasteiger partial charge in [-0.2, -0.15) is 13.2 Å². The topological polar surface area (TPSA) is 57.7 Å². The van der Waals surface area contributed by atoms with Crippen LogP contribution in [0.3, 0.4) is 0 Å². The van der Waals surface area contributed by atoms with Gasteiger partial charge in [-0.15, -0.1) is 0 Å². The molecular weight excluding hydrogens is 441 g/mol. The van der Waals surface area contributed by atoms with Crippen LogP contribution in [0, 0.1) is 0 Å². The number of alkyl halides is 3. The van der Waals surface area contributed by atoms with Gasteiger partial charge < -0.3 is 9.80 Å². The highest BCUT2D eigenvalue weighted by molar-refractivity contribution is 7.92. The zero-order valence-electron chi connectivity index (χ0n) is 16.5. The largest absolute Gasteiger partial charge is 0.416 e. The molecule has 0 atom stereocenters. The van der Waals surface area contributed by atoms with Crippen LogP contribution in [-0.4, -0.2) is 57.1 Å². The number of hydrogen-bond acceptors (Lipinski definition) is 4. The fraction of sp³-hybridized carbons (Fsp3) is 0.350. The molecule has 10 heteroatoms. The number of sulfone groups is 1. The average Bonchev–Trinajstić information content (AvgIpc) is 2.64. The third-order valence-electron chi connectivity index (χ3n) is 4.28. The molecule has 0 spiro atoms. The maximum absolute atomic E-state index is 13.0. The summed E-state index contributed by atoms with van der Waals surface area (Å²) in [5, 5.41) is 0.359. The molecule has 0 aromatic heterocycles. The molecule has 0 aliphatic heterocycles. The number of amides is 1. The predicted octanol–water partition coefficient (Wildman–Crippen LogP) is 3.72. The Morgan fingerprint density at radius 1 is 1.03 bits per heavy atom. The lowest BCUT2D eigenvalue weighted by molar-refractivity contribution is -0.137. The van der Waals surface area contributed by atoms with Crippen molar-refractivity contribution in [2.75, 3.05) is 32.9 Å². The zero-order valence-corrected chi connectivity index (χ0v) is 18.1. The number of hydrogen-bond donors (Lipinski definition) is 0. The minimum absolute atomic E-state index is 0.0492. The molecule has 2 rings (SSSR count). The molecule has 0 bridgehead atoms. The Kier molecular flexibility index (Phi) is 7.90. The van der Waals surface area contributed by atoms with Gasteiger partial charge in [0.2, 0.25) is 5.91 Å². The molecule has 0 N–H and O–H groups in total. The second kappa shape index (κ2) is 9.80. The number of nitrogens with zero attached hydrogens (tertiary/aromatic N) is 2. The van der Waals surface area contributed by atoms with E-state index in [1.54, 1.807) is 19.0 Å². The van der Waals surface area contributed by atoms with E-state index in [0.717, 1.165) is 12.1 Å². The van der Waals surface area contributed by atoms with E-state index in [4.69, 9.17) is 11.6 Å². The number of benzene rings is 2. The first-order valence-corrected chi connectivity index (χ1v) is 11.0. The van der Waals surface area contributed by atoms with Crippen LogP contribution in [0.5, 0.6) is 0 Å². The average molecular weight is 463 g/mol. The Balaban J connectivity index is 2.23. The normalized spacial score (nSPS) is 12.2. The first-order chi connectivity index (χ1) is 13.9. The molecule has 0 unspecified atom stereocenters. The summed E-state index contributed by atoms with van der Waals surface area (Å²) in [5.41, 5.74) is -0.561. The van der Waals surface area contributed by atoms with Crippen molar-refractivity contribution in [3.05, 3.63) is 64.7 Å². The summed E-state index contributed by atoms with van der Waals surface area (Å²) in [6, 6.07) is 10.1. The van der Waals surface area contributed by atoms with Crippen LogP contribution >= 0.6 is 11.6 Å². The molecule has 0 saturated carbocycles. The molecule has 2 aromatic carbocycles. The summed E-state index contributed by atoms with van der Waals surface area (Å²) >= 11 is 5.77. The van der Waals surface area contributed by atoms with E-state index in [2.05, 4.69) is 0 Å². The highest BCUT2D eigenvalue weighted by Gasteiger charge is 2.31. The number of rotatable bonds is 8. The van der Waals surface area contributed by atoms with Crippen LogP contribution in [0.2, 0.25) is 5.02 Å². The van der Waals surface area contributed by atoms with Crippen LogP contribution in [0.25, 0.3) is 0 Å². The minimum atomic E-state index is -4.51. The van der Waals surface area contributed by atoms with E-state index < -0.39 is 33.2 Å². The summed E-state index contributed by atoms with van der Waals surface area (Å²) in [7, 11) is -0.377. The lowest BCUT2D eigenvalue weighted by Crippen LogP contribution is -2.39. The van der Waals surface area contributed by atoms with Crippen molar-refractivity contribution in [3.63, 3.8) is 0 Å². The quantitative estimate of drug-likeness (QED) is 0.600. The number of carbonyl (C=O) groups excluding carboxylic acids is 1. The van der Waals surface area contributed by atoms with Crippen molar-refractivity contribution in [2.45, 2.75) is 17.6 Å². The van der Waals surface area contributed by atoms with Crippen molar-refractivity contribution in [1.29, 1.82) is 0 Å². The standard InChI is InChI=1S/C20H22ClF3N2O3S/c1-25(2)10-11-26(13-15-4-3-5-16(12-15)20(22,23)24)19(27)14-30(28,29)18-8-6-17(21)7-9-18/h3-9,12H,10-11,13-14H2,1-2H3. The Bertz CT molecular complexity index is 978. The second-order valence-corrected chi connectivity index (χ2v) is 9.46. The van der Waals surface area contributed by atoms with Crippen molar-refractivity contribution >= 4 is 27.3 Å². The van der Waals surface area contributed by atoms with Crippen LogP contribution < -0.4 is 0 Å². The molecule has 0 aliphatic rings. The highest BCUT2D eigenvalue weighted by Crippen LogP contribution is 2.29. The lowest BCUT2D eigenvalue weighted by atomic mass is 10.1. The molecule has 0 saturated heterocycles. The monoisotopic (exact) mass is 462 g/mol. The van der Waals surface area contributed by atoms with Gasteiger partial charge in [0.15, 0.2) is 9.84 Å². The smallest absolute Gasteiger partial charge is 0.336 e. The Labute approximate surface area is 179 Å². The number of halogens is 4. The van der Waals surface area contributed by atoms with Crippen molar-refractivity contribution in [3.8, 4) is 0 Å². The maximum atomic E-state index is 13.0.